The molecule has 1 aromatic rings. The summed E-state index contributed by atoms with van der Waals surface area (Å²) in [5, 5.41) is 6.97. The third kappa shape index (κ3) is 1.25. The number of amides is 1. The molecule has 14 heavy (non-hydrogen) atoms. The van der Waals surface area contributed by atoms with Crippen LogP contribution in [0.1, 0.15) is 12.5 Å². The smallest absolute Gasteiger partial charge is 0.265 e. The fraction of sp³-hybridized carbons (Fsp3) is 0.100. The van der Waals surface area contributed by atoms with Crippen molar-refractivity contribution in [2.75, 3.05) is 0 Å². The van der Waals surface area contributed by atoms with Crippen LogP contribution >= 0.6 is 0 Å². The highest BCUT2D eigenvalue weighted by Gasteiger charge is 2.22. The van der Waals surface area contributed by atoms with Crippen molar-refractivity contribution < 1.29 is 9.18 Å². The molecule has 0 unspecified atom stereocenters. The third-order valence-electron chi connectivity index (χ3n) is 2.01. The summed E-state index contributed by atoms with van der Waals surface area (Å²) >= 11 is 0. The minimum atomic E-state index is -0.479. The van der Waals surface area contributed by atoms with Crippen LogP contribution in [0.3, 0.4) is 0 Å². The number of benzene rings is 1. The van der Waals surface area contributed by atoms with Gasteiger partial charge < -0.3 is 0 Å². The highest BCUT2D eigenvalue weighted by molar-refractivity contribution is 6.22. The zero-order chi connectivity index (χ0) is 10.1. The van der Waals surface area contributed by atoms with Crippen molar-refractivity contribution in [3.63, 3.8) is 0 Å². The van der Waals surface area contributed by atoms with E-state index in [4.69, 9.17) is 0 Å². The Morgan fingerprint density at radius 2 is 1.93 bits per heavy atom. The molecule has 2 rings (SSSR count). The molecule has 1 heterocycles. The van der Waals surface area contributed by atoms with Crippen molar-refractivity contribution in [2.45, 2.75) is 6.92 Å². The molecule has 0 aliphatic carbocycles. The number of hydrogen-bond acceptors (Lipinski definition) is 2. The van der Waals surface area contributed by atoms with Crippen molar-refractivity contribution in [2.24, 2.45) is 10.2 Å². The molecule has 1 amide bonds. The van der Waals surface area contributed by atoms with Gasteiger partial charge in [-0.05, 0) is 13.0 Å². The maximum atomic E-state index is 13.3. The van der Waals surface area contributed by atoms with Crippen LogP contribution in [-0.2, 0) is 4.79 Å². The standard InChI is InChI=1S/C10H7FN2O/c1-6-9(10(14)13-12-6)7-4-2-3-5-8(7)11/h2-5H,1H3. The lowest BCUT2D eigenvalue weighted by Crippen LogP contribution is -1.97. The van der Waals surface area contributed by atoms with Crippen LogP contribution < -0.4 is 0 Å². The third-order valence-corrected chi connectivity index (χ3v) is 2.01. The first-order valence-corrected chi connectivity index (χ1v) is 4.12. The molecule has 0 radical (unpaired) electrons. The molecule has 0 bridgehead atoms. The first-order valence-electron chi connectivity index (χ1n) is 4.12. The van der Waals surface area contributed by atoms with E-state index in [9.17, 15) is 9.18 Å². The average Bonchev–Trinajstić information content (AvgIpc) is 2.48. The van der Waals surface area contributed by atoms with Crippen molar-refractivity contribution in [3.05, 3.63) is 41.3 Å². The highest BCUT2D eigenvalue weighted by atomic mass is 19.1. The molecule has 1 aliphatic heterocycles. The Labute approximate surface area is 80.0 Å². The van der Waals surface area contributed by atoms with Gasteiger partial charge in [0.1, 0.15) is 5.82 Å². The number of halogens is 1. The molecule has 3 nitrogen and oxygen atoms in total. The molecule has 1 aromatic carbocycles. The van der Waals surface area contributed by atoms with E-state index in [2.05, 4.69) is 10.2 Å². The van der Waals surface area contributed by atoms with Gasteiger partial charge in [0.2, 0.25) is 0 Å². The van der Waals surface area contributed by atoms with Gasteiger partial charge >= 0.3 is 0 Å². The van der Waals surface area contributed by atoms with E-state index in [1.807, 2.05) is 0 Å². The monoisotopic (exact) mass is 190 g/mol. The molecule has 1 aliphatic rings. The van der Waals surface area contributed by atoms with Crippen molar-refractivity contribution in [3.8, 4) is 0 Å². The lowest BCUT2D eigenvalue weighted by atomic mass is 10.0. The highest BCUT2D eigenvalue weighted by Crippen LogP contribution is 2.27. The second-order valence-corrected chi connectivity index (χ2v) is 2.95. The first-order chi connectivity index (χ1) is 6.70. The summed E-state index contributed by atoms with van der Waals surface area (Å²) in [5.41, 5.74) is 0.975. The Balaban J connectivity index is 2.57. The number of allylic oxidation sites excluding steroid dienone is 1. The SMILES string of the molecule is CC1=C(c2ccccc2F)C(=O)N=N1. The number of hydrogen-bond donors (Lipinski definition) is 0. The number of rotatable bonds is 1. The minimum Gasteiger partial charge on any atom is -0.265 e. The second kappa shape index (κ2) is 3.14. The summed E-state index contributed by atoms with van der Waals surface area (Å²) in [6.07, 6.45) is 0. The number of carbonyl (C=O) groups is 1. The fourth-order valence-corrected chi connectivity index (χ4v) is 1.35. The van der Waals surface area contributed by atoms with Gasteiger partial charge in [0.15, 0.2) is 0 Å². The molecule has 0 aromatic heterocycles. The van der Waals surface area contributed by atoms with Crippen LogP contribution in [0.5, 0.6) is 0 Å². The van der Waals surface area contributed by atoms with E-state index in [-0.39, 0.29) is 11.1 Å². The number of nitrogens with zero attached hydrogens (tertiary/aromatic N) is 2. The predicted molar refractivity (Wildman–Crippen MR) is 48.9 cm³/mol. The van der Waals surface area contributed by atoms with E-state index in [1.54, 1.807) is 25.1 Å². The summed E-state index contributed by atoms with van der Waals surface area (Å²) < 4.78 is 13.3. The lowest BCUT2D eigenvalue weighted by molar-refractivity contribution is -0.112. The Morgan fingerprint density at radius 1 is 1.21 bits per heavy atom. The van der Waals surface area contributed by atoms with Crippen LogP contribution in [0.15, 0.2) is 40.2 Å². The topological polar surface area (TPSA) is 41.8 Å². The summed E-state index contributed by atoms with van der Waals surface area (Å²) in [4.78, 5) is 11.3. The van der Waals surface area contributed by atoms with Crippen LogP contribution in [0.2, 0.25) is 0 Å². The van der Waals surface area contributed by atoms with E-state index >= 15 is 0 Å². The normalized spacial score (nSPS) is 15.4. The average molecular weight is 190 g/mol. The summed E-state index contributed by atoms with van der Waals surface area (Å²) in [5.74, 6) is -0.907. The molecule has 0 N–H and O–H groups in total. The lowest BCUT2D eigenvalue weighted by Gasteiger charge is -2.01. The number of carbonyl (C=O) groups excluding carboxylic acids is 1. The molecule has 70 valence electrons. The minimum absolute atomic E-state index is 0.253. The van der Waals surface area contributed by atoms with Gasteiger partial charge in [0, 0.05) is 5.56 Å². The van der Waals surface area contributed by atoms with Gasteiger partial charge in [-0.25, -0.2) is 4.39 Å². The predicted octanol–water partition coefficient (Wildman–Crippen LogP) is 2.55. The zero-order valence-corrected chi connectivity index (χ0v) is 7.49. The molecular weight excluding hydrogens is 183 g/mol. The Kier molecular flexibility index (Phi) is 1.96. The van der Waals surface area contributed by atoms with Gasteiger partial charge in [-0.15, -0.1) is 5.11 Å². The maximum absolute atomic E-state index is 13.3. The molecule has 0 fully saturated rings. The van der Waals surface area contributed by atoms with Gasteiger partial charge in [0.25, 0.3) is 5.91 Å². The van der Waals surface area contributed by atoms with E-state index in [0.29, 0.717) is 5.70 Å². The van der Waals surface area contributed by atoms with Gasteiger partial charge in [-0.1, -0.05) is 18.2 Å². The fourth-order valence-electron chi connectivity index (χ4n) is 1.35. The second-order valence-electron chi connectivity index (χ2n) is 2.95. The maximum Gasteiger partial charge on any atom is 0.298 e. The Hall–Kier alpha value is -1.84. The molecule has 4 heteroatoms. The van der Waals surface area contributed by atoms with Crippen molar-refractivity contribution in [1.82, 2.24) is 0 Å². The molecule has 0 spiro atoms. The number of azo groups is 1. The molecule has 0 saturated carbocycles. The molecular formula is C10H7FN2O. The largest absolute Gasteiger partial charge is 0.298 e. The zero-order valence-electron chi connectivity index (χ0n) is 7.49. The van der Waals surface area contributed by atoms with Gasteiger partial charge in [-0.3, -0.25) is 4.79 Å². The molecule has 0 saturated heterocycles. The van der Waals surface area contributed by atoms with Crippen LogP contribution in [0.25, 0.3) is 5.57 Å². The summed E-state index contributed by atoms with van der Waals surface area (Å²) in [7, 11) is 0. The van der Waals surface area contributed by atoms with Crippen molar-refractivity contribution >= 4 is 11.5 Å². The van der Waals surface area contributed by atoms with Crippen LogP contribution in [0, 0.1) is 5.82 Å². The van der Waals surface area contributed by atoms with E-state index < -0.39 is 11.7 Å². The van der Waals surface area contributed by atoms with Gasteiger partial charge in [-0.2, -0.15) is 5.11 Å². The molecule has 0 atom stereocenters. The Morgan fingerprint density at radius 3 is 2.50 bits per heavy atom. The van der Waals surface area contributed by atoms with E-state index in [0.717, 1.165) is 0 Å². The summed E-state index contributed by atoms with van der Waals surface area (Å²) in [6.45, 7) is 1.64. The Bertz CT molecular complexity index is 463. The first kappa shape index (κ1) is 8.74. The van der Waals surface area contributed by atoms with Crippen LogP contribution in [0.4, 0.5) is 4.39 Å². The quantitative estimate of drug-likeness (QED) is 0.670. The van der Waals surface area contributed by atoms with Crippen LogP contribution in [-0.4, -0.2) is 5.91 Å². The van der Waals surface area contributed by atoms with E-state index in [1.165, 1.54) is 6.07 Å². The summed E-state index contributed by atoms with van der Waals surface area (Å²) in [6, 6.07) is 6.09. The van der Waals surface area contributed by atoms with Gasteiger partial charge in [0.05, 0.1) is 11.3 Å². The van der Waals surface area contributed by atoms with Crippen molar-refractivity contribution in [1.29, 1.82) is 0 Å².